The van der Waals surface area contributed by atoms with Crippen LogP contribution in [-0.4, -0.2) is 38.5 Å². The molecule has 1 unspecified atom stereocenters. The van der Waals surface area contributed by atoms with Crippen LogP contribution in [0.2, 0.25) is 0 Å². The summed E-state index contributed by atoms with van der Waals surface area (Å²) in [5, 5.41) is 0. The normalized spacial score (nSPS) is 19.0. The molecule has 1 fully saturated rings. The number of hydrogen-bond acceptors (Lipinski definition) is 4. The third kappa shape index (κ3) is 3.50. The first-order chi connectivity index (χ1) is 10.7. The van der Waals surface area contributed by atoms with Gasteiger partial charge in [-0.25, -0.2) is 9.97 Å². The van der Waals surface area contributed by atoms with Gasteiger partial charge in [-0.05, 0) is 64.3 Å². The molecule has 0 bridgehead atoms. The van der Waals surface area contributed by atoms with Crippen LogP contribution in [0.5, 0.6) is 0 Å². The second kappa shape index (κ2) is 6.97. The molecule has 22 heavy (non-hydrogen) atoms. The van der Waals surface area contributed by atoms with Gasteiger partial charge in [0.15, 0.2) is 0 Å². The van der Waals surface area contributed by atoms with Crippen molar-refractivity contribution in [2.45, 2.75) is 51.6 Å². The molecule has 2 aromatic rings. The maximum Gasteiger partial charge on any atom is 0.116 e. The molecule has 4 heteroatoms. The van der Waals surface area contributed by atoms with Crippen molar-refractivity contribution in [2.75, 3.05) is 6.54 Å². The van der Waals surface area contributed by atoms with E-state index in [9.17, 15) is 0 Å². The Balaban J connectivity index is 1.66. The lowest BCUT2D eigenvalue weighted by Crippen LogP contribution is -2.35. The molecule has 3 heterocycles. The Bertz CT molecular complexity index is 597. The number of hydrogen-bond donors (Lipinski definition) is 0. The summed E-state index contributed by atoms with van der Waals surface area (Å²) < 4.78 is 0. The van der Waals surface area contributed by atoms with Gasteiger partial charge in [-0.1, -0.05) is 0 Å². The van der Waals surface area contributed by atoms with E-state index in [-0.39, 0.29) is 0 Å². The van der Waals surface area contributed by atoms with Crippen LogP contribution in [0.4, 0.5) is 0 Å². The average molecular weight is 296 g/mol. The van der Waals surface area contributed by atoms with Crippen LogP contribution in [0.3, 0.4) is 0 Å². The molecule has 0 radical (unpaired) electrons. The zero-order chi connectivity index (χ0) is 15.4. The fraction of sp³-hybridized carbons (Fsp3) is 0.500. The fourth-order valence-electron chi connectivity index (χ4n) is 3.37. The summed E-state index contributed by atoms with van der Waals surface area (Å²) in [7, 11) is 0. The zero-order valence-corrected chi connectivity index (χ0v) is 13.4. The van der Waals surface area contributed by atoms with Gasteiger partial charge in [-0.2, -0.15) is 0 Å². The van der Waals surface area contributed by atoms with Crippen molar-refractivity contribution >= 4 is 0 Å². The Kier molecular flexibility index (Phi) is 4.78. The van der Waals surface area contributed by atoms with E-state index in [1.54, 1.807) is 12.5 Å². The Hall–Kier alpha value is -1.81. The number of pyridine rings is 1. The highest BCUT2D eigenvalue weighted by molar-refractivity contribution is 5.57. The van der Waals surface area contributed by atoms with Crippen LogP contribution in [0.25, 0.3) is 11.3 Å². The second-order valence-corrected chi connectivity index (χ2v) is 6.30. The summed E-state index contributed by atoms with van der Waals surface area (Å²) in [4.78, 5) is 15.6. The minimum atomic E-state index is 0.642. The predicted molar refractivity (Wildman–Crippen MR) is 88.4 cm³/mol. The second-order valence-electron chi connectivity index (χ2n) is 6.30. The van der Waals surface area contributed by atoms with Gasteiger partial charge in [0.05, 0.1) is 5.69 Å². The number of likely N-dealkylation sites (tertiary alicyclic amines) is 1. The molecule has 2 aromatic heterocycles. The predicted octanol–water partition coefficient (Wildman–Crippen LogP) is 3.34. The van der Waals surface area contributed by atoms with Crippen molar-refractivity contribution < 1.29 is 0 Å². The minimum Gasteiger partial charge on any atom is -0.298 e. The molecule has 0 aliphatic carbocycles. The Morgan fingerprint density at radius 1 is 1.32 bits per heavy atom. The van der Waals surface area contributed by atoms with E-state index in [0.717, 1.165) is 23.4 Å². The largest absolute Gasteiger partial charge is 0.298 e. The zero-order valence-electron chi connectivity index (χ0n) is 13.4. The van der Waals surface area contributed by atoms with Crippen LogP contribution >= 0.6 is 0 Å². The fourth-order valence-corrected chi connectivity index (χ4v) is 3.37. The molecule has 1 aliphatic rings. The molecule has 0 spiro atoms. The Labute approximate surface area is 132 Å². The summed E-state index contributed by atoms with van der Waals surface area (Å²) >= 11 is 0. The molecule has 4 nitrogen and oxygen atoms in total. The van der Waals surface area contributed by atoms with Crippen LogP contribution in [0, 0.1) is 0 Å². The Morgan fingerprint density at radius 2 is 2.23 bits per heavy atom. The van der Waals surface area contributed by atoms with Crippen molar-refractivity contribution in [3.05, 3.63) is 42.6 Å². The molecule has 1 atom stereocenters. The molecule has 1 aliphatic heterocycles. The van der Waals surface area contributed by atoms with E-state index in [2.05, 4.69) is 39.8 Å². The lowest BCUT2D eigenvalue weighted by Gasteiger charge is -2.28. The molecule has 116 valence electrons. The van der Waals surface area contributed by atoms with E-state index in [1.807, 2.05) is 18.3 Å². The number of rotatable bonds is 5. The van der Waals surface area contributed by atoms with Gasteiger partial charge < -0.3 is 0 Å². The summed E-state index contributed by atoms with van der Waals surface area (Å²) in [5.41, 5.74) is 3.14. The van der Waals surface area contributed by atoms with Crippen LogP contribution in [-0.2, 0) is 6.42 Å². The van der Waals surface area contributed by atoms with Gasteiger partial charge in [0.25, 0.3) is 0 Å². The van der Waals surface area contributed by atoms with Crippen molar-refractivity contribution in [3.63, 3.8) is 0 Å². The molecule has 0 aromatic carbocycles. The summed E-state index contributed by atoms with van der Waals surface area (Å²) in [5.74, 6) is 0. The molecular formula is C18H24N4. The third-order valence-electron chi connectivity index (χ3n) is 4.50. The lowest BCUT2D eigenvalue weighted by molar-refractivity contribution is 0.195. The van der Waals surface area contributed by atoms with Crippen molar-refractivity contribution in [1.82, 2.24) is 19.9 Å². The first-order valence-electron chi connectivity index (χ1n) is 8.21. The van der Waals surface area contributed by atoms with Gasteiger partial charge >= 0.3 is 0 Å². The molecule has 0 saturated carbocycles. The maximum absolute atomic E-state index is 4.45. The average Bonchev–Trinajstić information content (AvgIpc) is 3.03. The smallest absolute Gasteiger partial charge is 0.116 e. The van der Waals surface area contributed by atoms with Crippen molar-refractivity contribution in [3.8, 4) is 11.3 Å². The van der Waals surface area contributed by atoms with Crippen molar-refractivity contribution in [1.29, 1.82) is 0 Å². The highest BCUT2D eigenvalue weighted by atomic mass is 15.2. The first-order valence-corrected chi connectivity index (χ1v) is 8.21. The van der Waals surface area contributed by atoms with Gasteiger partial charge in [0, 0.05) is 35.7 Å². The van der Waals surface area contributed by atoms with Gasteiger partial charge in [0.1, 0.15) is 6.33 Å². The quantitative estimate of drug-likeness (QED) is 0.848. The van der Waals surface area contributed by atoms with Crippen LogP contribution in [0.1, 0.15) is 38.8 Å². The van der Waals surface area contributed by atoms with E-state index in [0.29, 0.717) is 12.1 Å². The molecule has 0 N–H and O–H groups in total. The standard InChI is InChI=1S/C18H24N4/c1-14(2)22-10-4-6-17(22)8-7-16-11-18(21-13-20-16)15-5-3-9-19-12-15/h3,5,9,11-14,17H,4,6-8,10H2,1-2H3. The van der Waals surface area contributed by atoms with Gasteiger partial charge in [-0.15, -0.1) is 0 Å². The first kappa shape index (κ1) is 15.1. The van der Waals surface area contributed by atoms with Crippen molar-refractivity contribution in [2.24, 2.45) is 0 Å². The third-order valence-corrected chi connectivity index (χ3v) is 4.50. The minimum absolute atomic E-state index is 0.642. The van der Waals surface area contributed by atoms with E-state index < -0.39 is 0 Å². The van der Waals surface area contributed by atoms with E-state index in [4.69, 9.17) is 0 Å². The van der Waals surface area contributed by atoms with E-state index >= 15 is 0 Å². The highest BCUT2D eigenvalue weighted by Gasteiger charge is 2.26. The molecule has 1 saturated heterocycles. The summed E-state index contributed by atoms with van der Waals surface area (Å²) in [6, 6.07) is 7.43. The van der Waals surface area contributed by atoms with E-state index in [1.165, 1.54) is 25.8 Å². The van der Waals surface area contributed by atoms with Gasteiger partial charge in [0.2, 0.25) is 0 Å². The monoisotopic (exact) mass is 296 g/mol. The number of nitrogens with zero attached hydrogens (tertiary/aromatic N) is 4. The lowest BCUT2D eigenvalue weighted by atomic mass is 10.1. The van der Waals surface area contributed by atoms with Crippen LogP contribution in [0.15, 0.2) is 36.9 Å². The molecular weight excluding hydrogens is 272 g/mol. The topological polar surface area (TPSA) is 41.9 Å². The molecule has 0 amide bonds. The maximum atomic E-state index is 4.45. The number of aromatic nitrogens is 3. The van der Waals surface area contributed by atoms with Crippen LogP contribution < -0.4 is 0 Å². The SMILES string of the molecule is CC(C)N1CCCC1CCc1cc(-c2cccnc2)ncn1. The summed E-state index contributed by atoms with van der Waals surface area (Å²) in [6.45, 7) is 5.83. The Morgan fingerprint density at radius 3 is 3.00 bits per heavy atom. The van der Waals surface area contributed by atoms with Gasteiger partial charge in [-0.3, -0.25) is 9.88 Å². The summed E-state index contributed by atoms with van der Waals surface area (Å²) in [6.07, 6.45) is 10.2. The number of aryl methyl sites for hydroxylation is 1. The molecule has 3 rings (SSSR count). The highest BCUT2D eigenvalue weighted by Crippen LogP contribution is 2.24.